The van der Waals surface area contributed by atoms with Gasteiger partial charge in [0.05, 0.1) is 6.42 Å². The highest BCUT2D eigenvalue weighted by atomic mass is 16.4. The zero-order chi connectivity index (χ0) is 17.5. The third-order valence-corrected chi connectivity index (χ3v) is 4.17. The predicted octanol–water partition coefficient (Wildman–Crippen LogP) is 4.64. The van der Waals surface area contributed by atoms with Crippen LogP contribution >= 0.6 is 0 Å². The van der Waals surface area contributed by atoms with Crippen molar-refractivity contribution in [1.29, 1.82) is 0 Å². The molecule has 134 valence electrons. The van der Waals surface area contributed by atoms with Gasteiger partial charge in [0.1, 0.15) is 0 Å². The van der Waals surface area contributed by atoms with Crippen molar-refractivity contribution in [2.75, 3.05) is 13.1 Å². The van der Waals surface area contributed by atoms with E-state index in [1.807, 2.05) is 13.8 Å². The number of hydrogen-bond donors (Lipinski definition) is 1. The molecule has 0 rings (SSSR count). The van der Waals surface area contributed by atoms with Gasteiger partial charge in [0.25, 0.3) is 0 Å². The van der Waals surface area contributed by atoms with Crippen molar-refractivity contribution in [2.45, 2.75) is 78.6 Å². The first-order chi connectivity index (χ1) is 11.1. The second-order valence-electron chi connectivity index (χ2n) is 6.06. The molecular weight excluding hydrogens is 290 g/mol. The van der Waals surface area contributed by atoms with Gasteiger partial charge >= 0.3 is 5.97 Å². The minimum absolute atomic E-state index is 0.0228. The summed E-state index contributed by atoms with van der Waals surface area (Å²) in [5, 5.41) is 9.01. The van der Waals surface area contributed by atoms with Crippen LogP contribution in [0.15, 0.2) is 12.2 Å². The summed E-state index contributed by atoms with van der Waals surface area (Å²) in [7, 11) is 0. The fourth-order valence-corrected chi connectivity index (χ4v) is 2.72. The molecule has 23 heavy (non-hydrogen) atoms. The van der Waals surface area contributed by atoms with Crippen molar-refractivity contribution in [1.82, 2.24) is 4.90 Å². The molecule has 0 radical (unpaired) electrons. The van der Waals surface area contributed by atoms with Crippen molar-refractivity contribution in [2.24, 2.45) is 5.92 Å². The van der Waals surface area contributed by atoms with Crippen LogP contribution in [0, 0.1) is 5.92 Å². The summed E-state index contributed by atoms with van der Waals surface area (Å²) in [5.41, 5.74) is 0. The summed E-state index contributed by atoms with van der Waals surface area (Å²) >= 11 is 0. The predicted molar refractivity (Wildman–Crippen MR) is 95.4 cm³/mol. The number of rotatable bonds is 14. The third-order valence-electron chi connectivity index (χ3n) is 4.17. The second-order valence-corrected chi connectivity index (χ2v) is 6.06. The molecule has 0 aliphatic rings. The highest BCUT2D eigenvalue weighted by Crippen LogP contribution is 2.16. The number of carboxylic acids is 1. The normalized spacial score (nSPS) is 12.5. The second kappa shape index (κ2) is 14.3. The van der Waals surface area contributed by atoms with Crippen molar-refractivity contribution in [3.8, 4) is 0 Å². The number of amides is 1. The summed E-state index contributed by atoms with van der Waals surface area (Å²) < 4.78 is 0. The number of aliphatic carboxylic acids is 1. The third kappa shape index (κ3) is 10.9. The monoisotopic (exact) mass is 325 g/mol. The molecule has 0 aromatic carbocycles. The Morgan fingerprint density at radius 2 is 1.57 bits per heavy atom. The van der Waals surface area contributed by atoms with E-state index in [4.69, 9.17) is 5.11 Å². The lowest BCUT2D eigenvalue weighted by Gasteiger charge is -2.24. The Balaban J connectivity index is 4.15. The number of allylic oxidation sites excluding steroid dienone is 2. The summed E-state index contributed by atoms with van der Waals surface area (Å²) in [6.45, 7) is 7.35. The highest BCUT2D eigenvalue weighted by Gasteiger charge is 2.24. The maximum atomic E-state index is 12.3. The van der Waals surface area contributed by atoms with Crippen LogP contribution in [-0.4, -0.2) is 35.0 Å². The number of carbonyl (C=O) groups is 2. The van der Waals surface area contributed by atoms with Gasteiger partial charge in [-0.1, -0.05) is 44.8 Å². The Morgan fingerprint density at radius 3 is 2.13 bits per heavy atom. The largest absolute Gasteiger partial charge is 0.481 e. The van der Waals surface area contributed by atoms with Gasteiger partial charge in [-0.3, -0.25) is 9.59 Å². The lowest BCUT2D eigenvalue weighted by atomic mass is 9.97. The van der Waals surface area contributed by atoms with Crippen LogP contribution in [0.4, 0.5) is 0 Å². The van der Waals surface area contributed by atoms with E-state index in [9.17, 15) is 9.59 Å². The van der Waals surface area contributed by atoms with Gasteiger partial charge in [-0.05, 0) is 39.5 Å². The first kappa shape index (κ1) is 21.7. The van der Waals surface area contributed by atoms with E-state index >= 15 is 0 Å². The SMILES string of the molecule is CCCCCCC/C=C/CCC(CC(=O)O)C(=O)N(CC)CC. The van der Waals surface area contributed by atoms with Gasteiger partial charge in [-0.2, -0.15) is 0 Å². The van der Waals surface area contributed by atoms with Crippen LogP contribution in [0.25, 0.3) is 0 Å². The Hall–Kier alpha value is -1.32. The first-order valence-electron chi connectivity index (χ1n) is 9.22. The Morgan fingerprint density at radius 1 is 0.957 bits per heavy atom. The highest BCUT2D eigenvalue weighted by molar-refractivity contribution is 5.83. The Bertz CT molecular complexity index is 349. The summed E-state index contributed by atoms with van der Waals surface area (Å²) in [6.07, 6.45) is 13.1. The molecule has 4 heteroatoms. The summed E-state index contributed by atoms with van der Waals surface area (Å²) in [5.74, 6) is -1.32. The topological polar surface area (TPSA) is 57.6 Å². The van der Waals surface area contributed by atoms with Crippen molar-refractivity contribution >= 4 is 11.9 Å². The molecule has 1 amide bonds. The lowest BCUT2D eigenvalue weighted by molar-refractivity contribution is -0.144. The van der Waals surface area contributed by atoms with Crippen LogP contribution in [0.1, 0.15) is 78.6 Å². The summed E-state index contributed by atoms with van der Waals surface area (Å²) in [6, 6.07) is 0. The van der Waals surface area contributed by atoms with E-state index in [0.29, 0.717) is 19.5 Å². The van der Waals surface area contributed by atoms with E-state index in [0.717, 1.165) is 12.8 Å². The average Bonchev–Trinajstić information content (AvgIpc) is 2.52. The number of nitrogens with zero attached hydrogens (tertiary/aromatic N) is 1. The van der Waals surface area contributed by atoms with E-state index in [-0.39, 0.29) is 12.3 Å². The molecular formula is C19H35NO3. The first-order valence-corrected chi connectivity index (χ1v) is 9.22. The van der Waals surface area contributed by atoms with Crippen LogP contribution < -0.4 is 0 Å². The van der Waals surface area contributed by atoms with Gasteiger partial charge in [0.2, 0.25) is 5.91 Å². The van der Waals surface area contributed by atoms with Gasteiger partial charge in [0, 0.05) is 19.0 Å². The molecule has 0 saturated carbocycles. The molecule has 0 heterocycles. The molecule has 0 aromatic heterocycles. The van der Waals surface area contributed by atoms with E-state index in [2.05, 4.69) is 19.1 Å². The van der Waals surface area contributed by atoms with E-state index in [1.165, 1.54) is 32.1 Å². The molecule has 1 N–H and O–H groups in total. The molecule has 1 unspecified atom stereocenters. The van der Waals surface area contributed by atoms with Crippen LogP contribution in [0.2, 0.25) is 0 Å². The Labute approximate surface area is 141 Å². The number of carboxylic acid groups (broad SMARTS) is 1. The molecule has 0 spiro atoms. The van der Waals surface area contributed by atoms with E-state index < -0.39 is 11.9 Å². The number of carbonyl (C=O) groups excluding carboxylic acids is 1. The molecule has 0 bridgehead atoms. The molecule has 1 atom stereocenters. The van der Waals surface area contributed by atoms with Crippen molar-refractivity contribution in [3.63, 3.8) is 0 Å². The number of hydrogen-bond acceptors (Lipinski definition) is 2. The van der Waals surface area contributed by atoms with E-state index in [1.54, 1.807) is 4.90 Å². The van der Waals surface area contributed by atoms with Gasteiger partial charge in [0.15, 0.2) is 0 Å². The van der Waals surface area contributed by atoms with Crippen LogP contribution in [0.3, 0.4) is 0 Å². The molecule has 4 nitrogen and oxygen atoms in total. The quantitative estimate of drug-likeness (QED) is 0.374. The standard InChI is InChI=1S/C19H35NO3/c1-4-7-8-9-10-11-12-13-14-15-17(16-18(21)22)19(23)20(5-2)6-3/h12-13,17H,4-11,14-16H2,1-3H3,(H,21,22)/b13-12+. The average molecular weight is 325 g/mol. The molecule has 0 fully saturated rings. The fraction of sp³-hybridized carbons (Fsp3) is 0.789. The van der Waals surface area contributed by atoms with Gasteiger partial charge < -0.3 is 10.0 Å². The smallest absolute Gasteiger partial charge is 0.304 e. The minimum atomic E-state index is -0.893. The fourth-order valence-electron chi connectivity index (χ4n) is 2.72. The van der Waals surface area contributed by atoms with Crippen LogP contribution in [0.5, 0.6) is 0 Å². The molecule has 0 aliphatic carbocycles. The van der Waals surface area contributed by atoms with Crippen molar-refractivity contribution < 1.29 is 14.7 Å². The maximum absolute atomic E-state index is 12.3. The zero-order valence-corrected chi connectivity index (χ0v) is 15.2. The van der Waals surface area contributed by atoms with Gasteiger partial charge in [-0.15, -0.1) is 0 Å². The zero-order valence-electron chi connectivity index (χ0n) is 15.2. The molecule has 0 saturated heterocycles. The number of unbranched alkanes of at least 4 members (excludes halogenated alkanes) is 5. The molecule has 0 aromatic rings. The summed E-state index contributed by atoms with van der Waals surface area (Å²) in [4.78, 5) is 25.1. The van der Waals surface area contributed by atoms with Crippen LogP contribution in [-0.2, 0) is 9.59 Å². The minimum Gasteiger partial charge on any atom is -0.481 e. The lowest BCUT2D eigenvalue weighted by Crippen LogP contribution is -2.36. The Kier molecular flexibility index (Phi) is 13.5. The molecule has 0 aliphatic heterocycles. The maximum Gasteiger partial charge on any atom is 0.304 e. The van der Waals surface area contributed by atoms with Gasteiger partial charge in [-0.25, -0.2) is 0 Å². The van der Waals surface area contributed by atoms with Crippen molar-refractivity contribution in [3.05, 3.63) is 12.2 Å².